The van der Waals surface area contributed by atoms with Crippen LogP contribution < -0.4 is 0 Å². The largest absolute Gasteiger partial charge is 0.364 e. The Morgan fingerprint density at radius 1 is 0.889 bits per heavy atom. The van der Waals surface area contributed by atoms with Gasteiger partial charge in [-0.25, -0.2) is 0 Å². The first-order valence-corrected chi connectivity index (χ1v) is 6.11. The zero-order valence-corrected chi connectivity index (χ0v) is 10.3. The normalized spacial score (nSPS) is 24.8. The summed E-state index contributed by atoms with van der Waals surface area (Å²) in [6.45, 7) is 0. The molecule has 2 aromatic rings. The molecule has 0 bridgehead atoms. The summed E-state index contributed by atoms with van der Waals surface area (Å²) in [6.07, 6.45) is 0.602. The molecule has 0 heterocycles. The Hall–Kier alpha value is -1.64. The molecule has 1 aliphatic carbocycles. The smallest absolute Gasteiger partial charge is 0.180 e. The summed E-state index contributed by atoms with van der Waals surface area (Å²) in [4.78, 5) is 0. The lowest BCUT2D eigenvalue weighted by molar-refractivity contribution is -0.114. The Balaban J connectivity index is 2.14. The summed E-state index contributed by atoms with van der Waals surface area (Å²) in [5.41, 5.74) is 1.77. The highest BCUT2D eigenvalue weighted by atomic mass is 16.6. The van der Waals surface area contributed by atoms with Gasteiger partial charge in [0.05, 0.1) is 5.41 Å². The molecular formula is C16H16O2. The van der Waals surface area contributed by atoms with Gasteiger partial charge in [-0.3, -0.25) is 0 Å². The predicted octanol–water partition coefficient (Wildman–Crippen LogP) is 2.71. The van der Waals surface area contributed by atoms with E-state index in [1.165, 1.54) is 0 Å². The van der Waals surface area contributed by atoms with E-state index in [0.29, 0.717) is 6.42 Å². The van der Waals surface area contributed by atoms with Gasteiger partial charge < -0.3 is 9.84 Å². The van der Waals surface area contributed by atoms with Crippen molar-refractivity contribution >= 4 is 0 Å². The van der Waals surface area contributed by atoms with Crippen LogP contribution in [-0.2, 0) is 10.2 Å². The molecule has 0 saturated heterocycles. The van der Waals surface area contributed by atoms with Crippen molar-refractivity contribution in [3.05, 3.63) is 71.8 Å². The van der Waals surface area contributed by atoms with Gasteiger partial charge >= 0.3 is 0 Å². The van der Waals surface area contributed by atoms with Gasteiger partial charge in [0, 0.05) is 13.5 Å². The molecule has 0 radical (unpaired) electrons. The third-order valence-electron chi connectivity index (χ3n) is 3.92. The van der Waals surface area contributed by atoms with Crippen LogP contribution in [0.1, 0.15) is 17.5 Å². The molecule has 1 atom stereocenters. The summed E-state index contributed by atoms with van der Waals surface area (Å²) in [7, 11) is 1.56. The first kappa shape index (κ1) is 11.5. The summed E-state index contributed by atoms with van der Waals surface area (Å²) in [5, 5.41) is 10.5. The summed E-state index contributed by atoms with van der Waals surface area (Å²) in [5.74, 6) is -1.09. The number of ether oxygens (including phenoxy) is 1. The maximum Gasteiger partial charge on any atom is 0.180 e. The maximum absolute atomic E-state index is 10.5. The van der Waals surface area contributed by atoms with Crippen molar-refractivity contribution in [1.29, 1.82) is 0 Å². The molecule has 0 aliphatic heterocycles. The second-order valence-corrected chi connectivity index (χ2v) is 4.80. The molecule has 1 saturated carbocycles. The van der Waals surface area contributed by atoms with Crippen LogP contribution in [0, 0.1) is 0 Å². The minimum absolute atomic E-state index is 0.426. The van der Waals surface area contributed by atoms with Gasteiger partial charge in [-0.05, 0) is 11.1 Å². The number of aliphatic hydroxyl groups is 1. The van der Waals surface area contributed by atoms with Gasteiger partial charge in [0.2, 0.25) is 0 Å². The van der Waals surface area contributed by atoms with E-state index in [1.54, 1.807) is 7.11 Å². The van der Waals surface area contributed by atoms with Crippen molar-refractivity contribution in [3.63, 3.8) is 0 Å². The zero-order valence-electron chi connectivity index (χ0n) is 10.3. The SMILES string of the molecule is COC1(O)CC1(c1ccccc1)c1ccccc1. The van der Waals surface area contributed by atoms with E-state index in [0.717, 1.165) is 11.1 Å². The van der Waals surface area contributed by atoms with Crippen molar-refractivity contribution in [2.75, 3.05) is 7.11 Å². The molecule has 2 heteroatoms. The minimum atomic E-state index is -1.09. The Labute approximate surface area is 107 Å². The number of methoxy groups -OCH3 is 1. The molecule has 3 rings (SSSR count). The highest BCUT2D eigenvalue weighted by Crippen LogP contribution is 2.61. The van der Waals surface area contributed by atoms with Crippen LogP contribution in [-0.4, -0.2) is 18.0 Å². The van der Waals surface area contributed by atoms with Crippen LogP contribution in [0.2, 0.25) is 0 Å². The Morgan fingerprint density at radius 2 is 1.33 bits per heavy atom. The summed E-state index contributed by atoms with van der Waals surface area (Å²) < 4.78 is 5.33. The number of hydrogen-bond acceptors (Lipinski definition) is 2. The summed E-state index contributed by atoms with van der Waals surface area (Å²) >= 11 is 0. The first-order chi connectivity index (χ1) is 8.73. The third-order valence-corrected chi connectivity index (χ3v) is 3.92. The molecule has 1 N–H and O–H groups in total. The van der Waals surface area contributed by atoms with E-state index in [9.17, 15) is 5.11 Å². The fourth-order valence-corrected chi connectivity index (χ4v) is 2.83. The Kier molecular flexibility index (Phi) is 2.51. The molecule has 2 aromatic carbocycles. The fraction of sp³-hybridized carbons (Fsp3) is 0.250. The average Bonchev–Trinajstić information content (AvgIpc) is 3.09. The first-order valence-electron chi connectivity index (χ1n) is 6.11. The highest BCUT2D eigenvalue weighted by molar-refractivity contribution is 5.50. The molecule has 1 fully saturated rings. The number of benzene rings is 2. The topological polar surface area (TPSA) is 29.5 Å². The van der Waals surface area contributed by atoms with E-state index < -0.39 is 11.2 Å². The molecule has 0 spiro atoms. The van der Waals surface area contributed by atoms with Crippen LogP contribution in [0.15, 0.2) is 60.7 Å². The minimum Gasteiger partial charge on any atom is -0.364 e. The lowest BCUT2D eigenvalue weighted by Crippen LogP contribution is -2.26. The lowest BCUT2D eigenvalue weighted by atomic mass is 9.87. The van der Waals surface area contributed by atoms with Crippen molar-refractivity contribution in [2.24, 2.45) is 0 Å². The van der Waals surface area contributed by atoms with E-state index in [-0.39, 0.29) is 0 Å². The van der Waals surface area contributed by atoms with Gasteiger partial charge in [0.15, 0.2) is 5.79 Å². The lowest BCUT2D eigenvalue weighted by Gasteiger charge is -2.22. The third kappa shape index (κ3) is 1.43. The van der Waals surface area contributed by atoms with Crippen LogP contribution in [0.5, 0.6) is 0 Å². The standard InChI is InChI=1S/C16H16O2/c1-18-16(17)12-15(16,13-8-4-2-5-9-13)14-10-6-3-7-11-14/h2-11,17H,12H2,1H3. The van der Waals surface area contributed by atoms with Crippen LogP contribution in [0.4, 0.5) is 0 Å². The second-order valence-electron chi connectivity index (χ2n) is 4.80. The molecule has 92 valence electrons. The fourth-order valence-electron chi connectivity index (χ4n) is 2.83. The number of rotatable bonds is 3. The van der Waals surface area contributed by atoms with Crippen LogP contribution >= 0.6 is 0 Å². The Bertz CT molecular complexity index is 496. The van der Waals surface area contributed by atoms with Crippen molar-refractivity contribution in [3.8, 4) is 0 Å². The van der Waals surface area contributed by atoms with E-state index >= 15 is 0 Å². The predicted molar refractivity (Wildman–Crippen MR) is 70.2 cm³/mol. The van der Waals surface area contributed by atoms with E-state index in [2.05, 4.69) is 0 Å². The van der Waals surface area contributed by atoms with Gasteiger partial charge in [-0.2, -0.15) is 0 Å². The van der Waals surface area contributed by atoms with Crippen molar-refractivity contribution in [2.45, 2.75) is 17.6 Å². The van der Waals surface area contributed by atoms with Gasteiger partial charge in [0.1, 0.15) is 0 Å². The second kappa shape index (κ2) is 3.94. The van der Waals surface area contributed by atoms with Crippen molar-refractivity contribution < 1.29 is 9.84 Å². The van der Waals surface area contributed by atoms with Gasteiger partial charge in [-0.1, -0.05) is 60.7 Å². The average molecular weight is 240 g/mol. The Morgan fingerprint density at radius 3 is 1.67 bits per heavy atom. The maximum atomic E-state index is 10.5. The van der Waals surface area contributed by atoms with Gasteiger partial charge in [-0.15, -0.1) is 0 Å². The summed E-state index contributed by atoms with van der Waals surface area (Å²) in [6, 6.07) is 20.1. The van der Waals surface area contributed by atoms with Crippen molar-refractivity contribution in [1.82, 2.24) is 0 Å². The molecule has 18 heavy (non-hydrogen) atoms. The highest BCUT2D eigenvalue weighted by Gasteiger charge is 2.70. The monoisotopic (exact) mass is 240 g/mol. The van der Waals surface area contributed by atoms with E-state index in [1.807, 2.05) is 60.7 Å². The zero-order chi connectivity index (χ0) is 12.6. The number of hydrogen-bond donors (Lipinski definition) is 1. The molecule has 0 amide bonds. The quantitative estimate of drug-likeness (QED) is 0.836. The van der Waals surface area contributed by atoms with Crippen LogP contribution in [0.25, 0.3) is 0 Å². The molecule has 2 nitrogen and oxygen atoms in total. The van der Waals surface area contributed by atoms with E-state index in [4.69, 9.17) is 4.74 Å². The van der Waals surface area contributed by atoms with Crippen LogP contribution in [0.3, 0.4) is 0 Å². The molecule has 0 aromatic heterocycles. The van der Waals surface area contributed by atoms with Gasteiger partial charge in [0.25, 0.3) is 0 Å². The molecule has 1 unspecified atom stereocenters. The molecular weight excluding hydrogens is 224 g/mol. The molecule has 1 aliphatic rings.